The van der Waals surface area contributed by atoms with E-state index >= 15 is 0 Å². The molecular formula is C13H18O2. The Balaban J connectivity index is 1.77. The quantitative estimate of drug-likeness (QED) is 0.374. The number of ether oxygens (including phenoxy) is 1. The molecule has 0 N–H and O–H groups in total. The second-order valence-electron chi connectivity index (χ2n) is 5.33. The Morgan fingerprint density at radius 3 is 2.47 bits per heavy atom. The zero-order valence-electron chi connectivity index (χ0n) is 9.51. The zero-order valence-corrected chi connectivity index (χ0v) is 9.51. The molecule has 0 aromatic heterocycles. The molecule has 2 fully saturated rings. The summed E-state index contributed by atoms with van der Waals surface area (Å²) in [5.41, 5.74) is 0.320. The molecule has 0 heterocycles. The average molecular weight is 206 g/mol. The highest BCUT2D eigenvalue weighted by atomic mass is 16.5. The van der Waals surface area contributed by atoms with Gasteiger partial charge in [0.15, 0.2) is 0 Å². The van der Waals surface area contributed by atoms with E-state index in [1.54, 1.807) is 0 Å². The van der Waals surface area contributed by atoms with Crippen molar-refractivity contribution in [3.63, 3.8) is 0 Å². The Labute approximate surface area is 91.4 Å². The molecule has 0 aromatic rings. The first-order chi connectivity index (χ1) is 7.08. The number of hydrogen-bond acceptors (Lipinski definition) is 2. The fraction of sp³-hybridized carbons (Fsp3) is 0.769. The van der Waals surface area contributed by atoms with Gasteiger partial charge in [-0.15, -0.1) is 0 Å². The number of hydrogen-bond donors (Lipinski definition) is 0. The van der Waals surface area contributed by atoms with Gasteiger partial charge < -0.3 is 4.74 Å². The van der Waals surface area contributed by atoms with E-state index in [0.717, 1.165) is 19.3 Å². The van der Waals surface area contributed by atoms with Crippen LogP contribution in [0.1, 0.15) is 46.0 Å². The lowest BCUT2D eigenvalue weighted by molar-refractivity contribution is -0.141. The first-order valence-electron chi connectivity index (χ1n) is 5.80. The number of carbonyl (C=O) groups is 1. The van der Waals surface area contributed by atoms with Gasteiger partial charge in [-0.05, 0) is 37.5 Å². The highest BCUT2D eigenvalue weighted by molar-refractivity contribution is 5.88. The van der Waals surface area contributed by atoms with Crippen LogP contribution in [-0.2, 0) is 9.53 Å². The summed E-state index contributed by atoms with van der Waals surface area (Å²) in [6.45, 7) is 4.35. The predicted molar refractivity (Wildman–Crippen MR) is 58.0 cm³/mol. The van der Waals surface area contributed by atoms with Crippen molar-refractivity contribution >= 4 is 5.97 Å². The smallest absolute Gasteiger partial charge is 0.384 e. The third-order valence-corrected chi connectivity index (χ3v) is 3.44. The number of carbonyl (C=O) groups excluding carboxylic acids is 1. The summed E-state index contributed by atoms with van der Waals surface area (Å²) in [5, 5.41) is 0. The molecule has 0 aromatic carbocycles. The van der Waals surface area contributed by atoms with Crippen LogP contribution < -0.4 is 0 Å². The largest absolute Gasteiger partial charge is 0.453 e. The fourth-order valence-corrected chi connectivity index (χ4v) is 2.05. The minimum atomic E-state index is -0.329. The van der Waals surface area contributed by atoms with Crippen molar-refractivity contribution in [2.24, 2.45) is 11.3 Å². The molecule has 15 heavy (non-hydrogen) atoms. The van der Waals surface area contributed by atoms with Gasteiger partial charge in [0.2, 0.25) is 0 Å². The summed E-state index contributed by atoms with van der Waals surface area (Å²) >= 11 is 0. The van der Waals surface area contributed by atoms with Crippen LogP contribution in [-0.4, -0.2) is 12.1 Å². The Hall–Kier alpha value is -0.970. The van der Waals surface area contributed by atoms with Crippen LogP contribution in [0.5, 0.6) is 0 Å². The van der Waals surface area contributed by atoms with Crippen LogP contribution in [0, 0.1) is 23.2 Å². The molecule has 1 unspecified atom stereocenters. The van der Waals surface area contributed by atoms with E-state index in [1.807, 2.05) is 0 Å². The maximum absolute atomic E-state index is 11.3. The first kappa shape index (κ1) is 10.5. The second kappa shape index (κ2) is 3.89. The van der Waals surface area contributed by atoms with Crippen molar-refractivity contribution in [3.05, 3.63) is 0 Å². The van der Waals surface area contributed by atoms with Gasteiger partial charge in [-0.3, -0.25) is 0 Å². The molecule has 2 saturated carbocycles. The van der Waals surface area contributed by atoms with Crippen LogP contribution >= 0.6 is 0 Å². The molecule has 0 amide bonds. The third-order valence-electron chi connectivity index (χ3n) is 3.44. The van der Waals surface area contributed by atoms with E-state index < -0.39 is 0 Å². The molecule has 2 nitrogen and oxygen atoms in total. The van der Waals surface area contributed by atoms with E-state index in [4.69, 9.17) is 4.74 Å². The summed E-state index contributed by atoms with van der Waals surface area (Å²) in [6.07, 6.45) is 5.64. The Morgan fingerprint density at radius 1 is 1.33 bits per heavy atom. The molecule has 0 radical (unpaired) electrons. The maximum atomic E-state index is 11.3. The van der Waals surface area contributed by atoms with Crippen molar-refractivity contribution in [3.8, 4) is 11.8 Å². The molecule has 0 aliphatic heterocycles. The van der Waals surface area contributed by atoms with Crippen molar-refractivity contribution < 1.29 is 9.53 Å². The molecule has 2 heteroatoms. The van der Waals surface area contributed by atoms with E-state index in [9.17, 15) is 4.79 Å². The zero-order chi connectivity index (χ0) is 10.9. The Kier molecular flexibility index (Phi) is 2.73. The normalized spacial score (nSPS) is 28.0. The molecule has 82 valence electrons. The SMILES string of the molecule is CC1(C)CC1C#CC(=O)OC1CCCC1. The number of rotatable bonds is 1. The summed E-state index contributed by atoms with van der Waals surface area (Å²) in [4.78, 5) is 11.3. The van der Waals surface area contributed by atoms with Gasteiger partial charge in [0.05, 0.1) is 0 Å². The van der Waals surface area contributed by atoms with Gasteiger partial charge in [-0.25, -0.2) is 4.79 Å². The lowest BCUT2D eigenvalue weighted by Crippen LogP contribution is -2.12. The number of esters is 1. The van der Waals surface area contributed by atoms with Gasteiger partial charge in [0, 0.05) is 11.8 Å². The minimum Gasteiger partial charge on any atom is -0.453 e. The average Bonchev–Trinajstić information content (AvgIpc) is 2.62. The van der Waals surface area contributed by atoms with Gasteiger partial charge in [0.1, 0.15) is 6.10 Å². The Morgan fingerprint density at radius 2 is 1.93 bits per heavy atom. The van der Waals surface area contributed by atoms with Gasteiger partial charge >= 0.3 is 5.97 Å². The lowest BCUT2D eigenvalue weighted by atomic mass is 10.1. The monoisotopic (exact) mass is 206 g/mol. The van der Waals surface area contributed by atoms with Crippen LogP contribution in [0.25, 0.3) is 0 Å². The predicted octanol–water partition coefficient (Wildman–Crippen LogP) is 2.52. The minimum absolute atomic E-state index is 0.138. The summed E-state index contributed by atoms with van der Waals surface area (Å²) in [5.74, 6) is 5.68. The molecule has 0 spiro atoms. The topological polar surface area (TPSA) is 26.3 Å². The summed E-state index contributed by atoms with van der Waals surface area (Å²) < 4.78 is 5.25. The van der Waals surface area contributed by atoms with Crippen LogP contribution in [0.4, 0.5) is 0 Å². The molecule has 0 bridgehead atoms. The Bertz CT molecular complexity index is 313. The molecule has 2 aliphatic carbocycles. The molecule has 0 saturated heterocycles. The summed E-state index contributed by atoms with van der Waals surface area (Å²) in [7, 11) is 0. The highest BCUT2D eigenvalue weighted by Crippen LogP contribution is 2.50. The van der Waals surface area contributed by atoms with Crippen molar-refractivity contribution in [2.45, 2.75) is 52.1 Å². The standard InChI is InChI=1S/C13H18O2/c1-13(2)9-10(13)7-8-12(14)15-11-5-3-4-6-11/h10-11H,3-6,9H2,1-2H3. The van der Waals surface area contributed by atoms with Crippen molar-refractivity contribution in [1.29, 1.82) is 0 Å². The molecule has 1 atom stereocenters. The van der Waals surface area contributed by atoms with Crippen LogP contribution in [0.15, 0.2) is 0 Å². The summed E-state index contributed by atoms with van der Waals surface area (Å²) in [6, 6.07) is 0. The van der Waals surface area contributed by atoms with Crippen LogP contribution in [0.2, 0.25) is 0 Å². The highest BCUT2D eigenvalue weighted by Gasteiger charge is 2.44. The van der Waals surface area contributed by atoms with Crippen molar-refractivity contribution in [2.75, 3.05) is 0 Å². The van der Waals surface area contributed by atoms with E-state index in [1.165, 1.54) is 12.8 Å². The van der Waals surface area contributed by atoms with Crippen LogP contribution in [0.3, 0.4) is 0 Å². The molecule has 2 rings (SSSR count). The molecular weight excluding hydrogens is 188 g/mol. The lowest BCUT2D eigenvalue weighted by Gasteiger charge is -2.07. The van der Waals surface area contributed by atoms with Gasteiger partial charge in [-0.2, -0.15) is 0 Å². The van der Waals surface area contributed by atoms with Gasteiger partial charge in [-0.1, -0.05) is 19.8 Å². The third kappa shape index (κ3) is 2.75. The van der Waals surface area contributed by atoms with E-state index in [-0.39, 0.29) is 12.1 Å². The fourth-order valence-electron chi connectivity index (χ4n) is 2.05. The molecule has 2 aliphatic rings. The first-order valence-corrected chi connectivity index (χ1v) is 5.80. The van der Waals surface area contributed by atoms with Gasteiger partial charge in [0.25, 0.3) is 0 Å². The second-order valence-corrected chi connectivity index (χ2v) is 5.33. The van der Waals surface area contributed by atoms with E-state index in [2.05, 4.69) is 25.7 Å². The maximum Gasteiger partial charge on any atom is 0.384 e. The van der Waals surface area contributed by atoms with Crippen molar-refractivity contribution in [1.82, 2.24) is 0 Å². The van der Waals surface area contributed by atoms with E-state index in [0.29, 0.717) is 11.3 Å².